The third kappa shape index (κ3) is 15.2. The van der Waals surface area contributed by atoms with Crippen LogP contribution in [0.1, 0.15) is 102 Å². The summed E-state index contributed by atoms with van der Waals surface area (Å²) in [7, 11) is -9.48. The number of hydrogen-bond donors (Lipinski definition) is 1. The molecule has 1 N–H and O–H groups in total. The zero-order valence-electron chi connectivity index (χ0n) is 35.4. The van der Waals surface area contributed by atoms with E-state index in [2.05, 4.69) is 37.7 Å². The third-order valence-corrected chi connectivity index (χ3v) is 16.4. The molecule has 4 saturated carbocycles. The summed E-state index contributed by atoms with van der Waals surface area (Å²) in [5.74, 6) is -1.36. The predicted octanol–water partition coefficient (Wildman–Crippen LogP) is -4.00. The first-order chi connectivity index (χ1) is 28.1. The fourth-order valence-electron chi connectivity index (χ4n) is 9.48. The molecule has 0 saturated heterocycles. The van der Waals surface area contributed by atoms with Gasteiger partial charge in [0.2, 0.25) is 5.91 Å². The van der Waals surface area contributed by atoms with Crippen LogP contribution in [-0.4, -0.2) is 104 Å². The van der Waals surface area contributed by atoms with Crippen molar-refractivity contribution < 1.29 is 200 Å². The molecule has 6 rings (SSSR count). The third-order valence-electron chi connectivity index (χ3n) is 12.3. The fraction of sp³-hybridized carbons (Fsp3) is 0.703. The van der Waals surface area contributed by atoms with E-state index in [1.165, 1.54) is 11.1 Å². The standard InChI is InChI=1S/C37H51Cl2N7O10S3.3K/c1-2-45(24-11-7-4-8-12-24)25-13-14-32(33(17-25)41-37(47)23-15-26(57-56-55-48)18-27(16-23)58(49,50)51)42-43-36-29(21-40)34(22-9-5-3-6-10-22)44-46(36)35-30(38)19-28(20-31(35)39)59(52,53)54;;;/h3,5-6,9-10,23-28,30-33,35,48H,2,4,7-8,11-20H2,1H3,(H,41,47)(H,49,50,51)(H,52,53,54);;;/q;3*+1/p-3. The first kappa shape index (κ1) is 58.8. The number of carbonyl (C=O) groups is 1. The van der Waals surface area contributed by atoms with Gasteiger partial charge in [0.05, 0.1) is 59.6 Å². The van der Waals surface area contributed by atoms with Gasteiger partial charge in [0.15, 0.2) is 5.82 Å². The second-order valence-electron chi connectivity index (χ2n) is 15.9. The largest absolute Gasteiger partial charge is 1.00 e. The second-order valence-corrected chi connectivity index (χ2v) is 21.4. The summed E-state index contributed by atoms with van der Waals surface area (Å²) in [6.07, 6.45) is 6.72. The molecule has 8 unspecified atom stereocenters. The summed E-state index contributed by atoms with van der Waals surface area (Å²) in [4.78, 5) is 16.6. The maximum atomic E-state index is 14.1. The average molecular weight is 1040 g/mol. The molecule has 1 amide bonds. The number of hydrogen-bond acceptors (Lipinski definition) is 16. The number of amides is 1. The number of rotatable bonds is 14. The Balaban J connectivity index is 0.00000341. The molecule has 0 spiro atoms. The summed E-state index contributed by atoms with van der Waals surface area (Å²) in [5, 5.41) is 36.6. The van der Waals surface area contributed by atoms with Crippen molar-refractivity contribution in [3.8, 4) is 17.3 Å². The summed E-state index contributed by atoms with van der Waals surface area (Å²) < 4.78 is 78.3. The van der Waals surface area contributed by atoms with Gasteiger partial charge in [0, 0.05) is 40.9 Å². The van der Waals surface area contributed by atoms with Gasteiger partial charge >= 0.3 is 154 Å². The van der Waals surface area contributed by atoms with Crippen LogP contribution in [0.4, 0.5) is 5.82 Å². The minimum Gasteiger partial charge on any atom is -0.748 e. The van der Waals surface area contributed by atoms with Crippen LogP contribution in [0.25, 0.3) is 11.3 Å². The van der Waals surface area contributed by atoms with Gasteiger partial charge in [0.1, 0.15) is 17.3 Å². The number of nitrogens with one attached hydrogen (secondary N) is 1. The number of nitriles is 1. The van der Waals surface area contributed by atoms with Crippen LogP contribution in [-0.2, 0) is 34.4 Å². The molecule has 1 aromatic heterocycles. The fourth-order valence-corrected chi connectivity index (χ4v) is 13.5. The maximum absolute atomic E-state index is 14.1. The van der Waals surface area contributed by atoms with Gasteiger partial charge in [-0.25, -0.2) is 21.5 Å². The van der Waals surface area contributed by atoms with Crippen LogP contribution in [0.3, 0.4) is 0 Å². The summed E-state index contributed by atoms with van der Waals surface area (Å²) >= 11 is 14.2. The Morgan fingerprint density at radius 2 is 1.56 bits per heavy atom. The van der Waals surface area contributed by atoms with E-state index in [0.717, 1.165) is 38.6 Å². The Morgan fingerprint density at radius 1 is 0.935 bits per heavy atom. The van der Waals surface area contributed by atoms with Crippen molar-refractivity contribution in [1.29, 1.82) is 5.26 Å². The van der Waals surface area contributed by atoms with E-state index >= 15 is 0 Å². The smallest absolute Gasteiger partial charge is 0.748 e. The molecule has 2 aromatic rings. The Kier molecular flexibility index (Phi) is 25.8. The van der Waals surface area contributed by atoms with E-state index in [1.54, 1.807) is 30.3 Å². The first-order valence-corrected chi connectivity index (χ1v) is 24.6. The van der Waals surface area contributed by atoms with Crippen molar-refractivity contribution in [3.05, 3.63) is 35.9 Å². The van der Waals surface area contributed by atoms with Crippen molar-refractivity contribution >= 4 is 67.2 Å². The van der Waals surface area contributed by atoms with Gasteiger partial charge in [-0.05, 0) is 70.8 Å². The maximum Gasteiger partial charge on any atom is 1.00 e. The number of alkyl halides is 2. The van der Waals surface area contributed by atoms with Crippen molar-refractivity contribution in [1.82, 2.24) is 20.0 Å². The molecular formula is C37H48Cl2K3N7O10S3. The van der Waals surface area contributed by atoms with Crippen LogP contribution in [0.15, 0.2) is 40.6 Å². The molecule has 25 heteroatoms. The predicted molar refractivity (Wildman–Crippen MR) is 215 cm³/mol. The molecule has 326 valence electrons. The van der Waals surface area contributed by atoms with Crippen LogP contribution in [0.2, 0.25) is 0 Å². The van der Waals surface area contributed by atoms with Gasteiger partial charge in [-0.2, -0.15) is 19.8 Å². The monoisotopic (exact) mass is 1030 g/mol. The molecular weight excluding hydrogens is 987 g/mol. The molecule has 62 heavy (non-hydrogen) atoms. The van der Waals surface area contributed by atoms with E-state index < -0.39 is 76.7 Å². The molecule has 4 aliphatic carbocycles. The van der Waals surface area contributed by atoms with Gasteiger partial charge in [-0.15, -0.1) is 28.3 Å². The molecule has 0 aliphatic heterocycles. The number of benzene rings is 1. The van der Waals surface area contributed by atoms with Gasteiger partial charge < -0.3 is 19.7 Å². The first-order valence-electron chi connectivity index (χ1n) is 20.0. The SMILES string of the molecule is CCN(C1CCCCC1)C1CCC(N=Nc2c(C#N)c(-c3ccccc3)nn2C2C(Cl)CC(S(=O)(=O)[O-])CC2Cl)C(NC(=O)C2CC(SOO[O-])CC(S(=O)(=O)[O-])C2)C1.[K+].[K+].[K+]. The number of azo groups is 1. The second kappa shape index (κ2) is 27.2. The normalized spacial score (nSPS) is 29.8. The zero-order chi connectivity index (χ0) is 42.5. The number of aromatic nitrogens is 2. The molecule has 0 radical (unpaired) electrons. The minimum absolute atomic E-state index is 0. The Bertz CT molecular complexity index is 2060. The van der Waals surface area contributed by atoms with E-state index in [1.807, 2.05) is 0 Å². The van der Waals surface area contributed by atoms with Crippen LogP contribution >= 0.6 is 35.2 Å². The van der Waals surface area contributed by atoms with Gasteiger partial charge in [0.25, 0.3) is 0 Å². The van der Waals surface area contributed by atoms with Crippen LogP contribution < -0.4 is 165 Å². The van der Waals surface area contributed by atoms with Crippen LogP contribution in [0, 0.1) is 17.2 Å². The summed E-state index contributed by atoms with van der Waals surface area (Å²) in [5.41, 5.74) is 0.928. The minimum atomic E-state index is -4.78. The Morgan fingerprint density at radius 3 is 2.15 bits per heavy atom. The van der Waals surface area contributed by atoms with Crippen LogP contribution in [0.5, 0.6) is 0 Å². The Labute approximate surface area is 505 Å². The van der Waals surface area contributed by atoms with Gasteiger partial charge in [-0.1, -0.05) is 56.5 Å². The average Bonchev–Trinajstić information content (AvgIpc) is 3.57. The molecule has 4 fully saturated rings. The van der Waals surface area contributed by atoms with Crippen molar-refractivity contribution in [2.75, 3.05) is 6.54 Å². The van der Waals surface area contributed by atoms with Crippen molar-refractivity contribution in [2.45, 2.75) is 147 Å². The molecule has 1 aromatic carbocycles. The van der Waals surface area contributed by atoms with E-state index in [-0.39, 0.29) is 209 Å². The molecule has 4 aliphatic rings. The van der Waals surface area contributed by atoms with E-state index in [4.69, 9.17) is 33.4 Å². The topological polar surface area (TPSA) is 255 Å². The number of halogens is 2. The quantitative estimate of drug-likeness (QED) is 0.0360. The molecule has 1 heterocycles. The van der Waals surface area contributed by atoms with Gasteiger partial charge in [-0.3, -0.25) is 14.7 Å². The van der Waals surface area contributed by atoms with Crippen molar-refractivity contribution in [3.63, 3.8) is 0 Å². The van der Waals surface area contributed by atoms with Crippen molar-refractivity contribution in [2.24, 2.45) is 16.1 Å². The number of nitrogens with zero attached hydrogens (tertiary/aromatic N) is 6. The Hall–Kier alpha value is 2.49. The zero-order valence-corrected chi connectivity index (χ0v) is 48.7. The molecule has 0 bridgehead atoms. The van der Waals surface area contributed by atoms with E-state index in [0.29, 0.717) is 36.5 Å². The van der Waals surface area contributed by atoms with E-state index in [9.17, 15) is 41.3 Å². The molecule has 17 nitrogen and oxygen atoms in total. The summed E-state index contributed by atoms with van der Waals surface area (Å²) in [6, 6.07) is 9.45. The summed E-state index contributed by atoms with van der Waals surface area (Å²) in [6.45, 7) is 2.92. The number of carbonyl (C=O) groups excluding carboxylic acids is 1. The molecule has 8 atom stereocenters.